The molecular weight excluding hydrogens is 444 g/mol. The second-order valence-corrected chi connectivity index (χ2v) is 11.6. The largest absolute Gasteiger partial charge is 0.350 e. The molecule has 10 heteroatoms. The number of rotatable bonds is 8. The Hall–Kier alpha value is -2.72. The van der Waals surface area contributed by atoms with Crippen molar-refractivity contribution in [3.05, 3.63) is 51.7 Å². The molecule has 3 fully saturated rings. The Balaban J connectivity index is 1.57. The van der Waals surface area contributed by atoms with E-state index in [-0.39, 0.29) is 34.0 Å². The number of benzene rings is 1. The fourth-order valence-electron chi connectivity index (χ4n) is 4.45. The van der Waals surface area contributed by atoms with E-state index >= 15 is 0 Å². The molecule has 0 bridgehead atoms. The second kappa shape index (κ2) is 7.66. The molecule has 9 nitrogen and oxygen atoms in total. The van der Waals surface area contributed by atoms with E-state index in [0.717, 1.165) is 25.7 Å². The highest BCUT2D eigenvalue weighted by Gasteiger charge is 2.41. The van der Waals surface area contributed by atoms with Crippen molar-refractivity contribution >= 4 is 26.8 Å². The molecule has 33 heavy (non-hydrogen) atoms. The SMILES string of the molecule is C=CC(=O)NC1CC(n2c(=O)c3cc(S(=O)(=O)NC4(C)CC4)ccc3n(CC3CC3)c2=O)C1. The van der Waals surface area contributed by atoms with Crippen molar-refractivity contribution in [2.45, 2.75) is 74.5 Å². The average molecular weight is 473 g/mol. The molecule has 5 rings (SSSR count). The van der Waals surface area contributed by atoms with Crippen LogP contribution in [0.4, 0.5) is 0 Å². The predicted molar refractivity (Wildman–Crippen MR) is 124 cm³/mol. The number of carbonyl (C=O) groups is 1. The quantitative estimate of drug-likeness (QED) is 0.563. The molecule has 0 spiro atoms. The predicted octanol–water partition coefficient (Wildman–Crippen LogP) is 1.41. The van der Waals surface area contributed by atoms with Gasteiger partial charge in [0, 0.05) is 24.2 Å². The molecule has 1 heterocycles. The highest BCUT2D eigenvalue weighted by Crippen LogP contribution is 2.36. The molecule has 2 N–H and O–H groups in total. The summed E-state index contributed by atoms with van der Waals surface area (Å²) in [7, 11) is -3.79. The van der Waals surface area contributed by atoms with Crippen molar-refractivity contribution in [3.8, 4) is 0 Å². The zero-order chi connectivity index (χ0) is 23.5. The Morgan fingerprint density at radius 2 is 1.94 bits per heavy atom. The molecule has 3 saturated carbocycles. The number of sulfonamides is 1. The third-order valence-corrected chi connectivity index (χ3v) is 8.62. The lowest BCUT2D eigenvalue weighted by molar-refractivity contribution is -0.117. The van der Waals surface area contributed by atoms with Gasteiger partial charge in [-0.25, -0.2) is 17.9 Å². The van der Waals surface area contributed by atoms with Gasteiger partial charge >= 0.3 is 5.69 Å². The van der Waals surface area contributed by atoms with Crippen molar-refractivity contribution in [1.29, 1.82) is 0 Å². The summed E-state index contributed by atoms with van der Waals surface area (Å²) in [4.78, 5) is 38.4. The van der Waals surface area contributed by atoms with Crippen molar-refractivity contribution < 1.29 is 13.2 Å². The molecule has 1 aromatic heterocycles. The van der Waals surface area contributed by atoms with Gasteiger partial charge in [-0.2, -0.15) is 0 Å². The van der Waals surface area contributed by atoms with Gasteiger partial charge in [-0.15, -0.1) is 0 Å². The molecule has 0 unspecified atom stereocenters. The third kappa shape index (κ3) is 4.17. The first-order valence-corrected chi connectivity index (χ1v) is 12.8. The summed E-state index contributed by atoms with van der Waals surface area (Å²) >= 11 is 0. The molecule has 0 radical (unpaired) electrons. The summed E-state index contributed by atoms with van der Waals surface area (Å²) < 4.78 is 31.4. The van der Waals surface area contributed by atoms with Gasteiger partial charge in [-0.3, -0.25) is 18.7 Å². The molecule has 1 amide bonds. The number of nitrogens with one attached hydrogen (secondary N) is 2. The van der Waals surface area contributed by atoms with Crippen LogP contribution in [0.3, 0.4) is 0 Å². The van der Waals surface area contributed by atoms with E-state index in [9.17, 15) is 22.8 Å². The van der Waals surface area contributed by atoms with E-state index in [1.165, 1.54) is 22.8 Å². The van der Waals surface area contributed by atoms with Gasteiger partial charge in [0.25, 0.3) is 5.56 Å². The molecular formula is C23H28N4O5S. The van der Waals surface area contributed by atoms with Crippen LogP contribution in [0.25, 0.3) is 10.9 Å². The number of fused-ring (bicyclic) bond motifs is 1. The lowest BCUT2D eigenvalue weighted by Crippen LogP contribution is -2.51. The van der Waals surface area contributed by atoms with Crippen molar-refractivity contribution in [2.75, 3.05) is 0 Å². The fourth-order valence-corrected chi connectivity index (χ4v) is 5.94. The summed E-state index contributed by atoms with van der Waals surface area (Å²) in [6.45, 7) is 5.79. The maximum absolute atomic E-state index is 13.4. The Labute approximate surface area is 191 Å². The smallest absolute Gasteiger partial charge is 0.331 e. The number of hydrogen-bond donors (Lipinski definition) is 2. The Kier molecular flexibility index (Phi) is 5.13. The van der Waals surface area contributed by atoms with Crippen molar-refractivity contribution in [3.63, 3.8) is 0 Å². The lowest BCUT2D eigenvalue weighted by Gasteiger charge is -2.36. The highest BCUT2D eigenvalue weighted by atomic mass is 32.2. The molecule has 176 valence electrons. The van der Waals surface area contributed by atoms with E-state index in [4.69, 9.17) is 0 Å². The van der Waals surface area contributed by atoms with Gasteiger partial charge in [-0.1, -0.05) is 6.58 Å². The summed E-state index contributed by atoms with van der Waals surface area (Å²) in [5, 5.41) is 3.01. The summed E-state index contributed by atoms with van der Waals surface area (Å²) in [5.41, 5.74) is -0.844. The third-order valence-electron chi connectivity index (χ3n) is 6.98. The van der Waals surface area contributed by atoms with Crippen LogP contribution in [0.2, 0.25) is 0 Å². The average Bonchev–Trinajstić information content (AvgIpc) is 3.67. The van der Waals surface area contributed by atoms with Gasteiger partial charge in [0.05, 0.1) is 15.8 Å². The first-order valence-electron chi connectivity index (χ1n) is 11.4. The molecule has 0 saturated heterocycles. The van der Waals surface area contributed by atoms with Gasteiger partial charge in [0.1, 0.15) is 0 Å². The normalized spacial score (nSPS) is 23.7. The minimum atomic E-state index is -3.79. The van der Waals surface area contributed by atoms with E-state index in [1.54, 1.807) is 10.6 Å². The Morgan fingerprint density at radius 3 is 2.55 bits per heavy atom. The maximum atomic E-state index is 13.4. The van der Waals surface area contributed by atoms with Crippen LogP contribution in [0, 0.1) is 5.92 Å². The number of carbonyl (C=O) groups excluding carboxylic acids is 1. The molecule has 0 atom stereocenters. The molecule has 2 aromatic rings. The molecule has 3 aliphatic carbocycles. The van der Waals surface area contributed by atoms with Crippen LogP contribution in [0.15, 0.2) is 45.3 Å². The van der Waals surface area contributed by atoms with Crippen LogP contribution in [0.5, 0.6) is 0 Å². The fraction of sp³-hybridized carbons (Fsp3) is 0.522. The minimum absolute atomic E-state index is 0.0214. The summed E-state index contributed by atoms with van der Waals surface area (Å²) in [5.74, 6) is 0.0972. The topological polar surface area (TPSA) is 119 Å². The first kappa shape index (κ1) is 22.1. The summed E-state index contributed by atoms with van der Waals surface area (Å²) in [6, 6.07) is 3.95. The standard InChI is InChI=1S/C23H28N4O5S/c1-3-20(28)24-15-10-16(11-15)27-21(29)18-12-17(33(31,32)25-23(2)8-9-23)6-7-19(18)26(22(27)30)13-14-4-5-14/h3,6-7,12,14-16,25H,1,4-5,8-11,13H2,2H3,(H,24,28). The number of aromatic nitrogens is 2. The van der Waals surface area contributed by atoms with Gasteiger partial charge in [-0.05, 0) is 75.6 Å². The van der Waals surface area contributed by atoms with E-state index in [0.29, 0.717) is 30.8 Å². The molecule has 3 aliphatic rings. The minimum Gasteiger partial charge on any atom is -0.350 e. The van der Waals surface area contributed by atoms with Crippen LogP contribution in [-0.4, -0.2) is 35.0 Å². The Bertz CT molecular complexity index is 1380. The van der Waals surface area contributed by atoms with E-state index in [2.05, 4.69) is 16.6 Å². The number of hydrogen-bond acceptors (Lipinski definition) is 5. The van der Waals surface area contributed by atoms with Crippen molar-refractivity contribution in [1.82, 2.24) is 19.2 Å². The first-order chi connectivity index (χ1) is 15.6. The van der Waals surface area contributed by atoms with Crippen LogP contribution in [-0.2, 0) is 21.4 Å². The number of amides is 1. The zero-order valence-corrected chi connectivity index (χ0v) is 19.4. The summed E-state index contributed by atoms with van der Waals surface area (Å²) in [6.07, 6.45) is 5.72. The Morgan fingerprint density at radius 1 is 1.24 bits per heavy atom. The van der Waals surface area contributed by atoms with Gasteiger partial charge in [0.15, 0.2) is 0 Å². The van der Waals surface area contributed by atoms with E-state index < -0.39 is 21.1 Å². The zero-order valence-electron chi connectivity index (χ0n) is 18.5. The van der Waals surface area contributed by atoms with Gasteiger partial charge < -0.3 is 5.32 Å². The van der Waals surface area contributed by atoms with Crippen molar-refractivity contribution in [2.24, 2.45) is 5.92 Å². The molecule has 0 aliphatic heterocycles. The van der Waals surface area contributed by atoms with E-state index in [1.807, 2.05) is 6.92 Å². The number of nitrogens with zero attached hydrogens (tertiary/aromatic N) is 2. The van der Waals surface area contributed by atoms with Crippen LogP contribution < -0.4 is 21.3 Å². The van der Waals surface area contributed by atoms with Gasteiger partial charge in [0.2, 0.25) is 15.9 Å². The highest BCUT2D eigenvalue weighted by molar-refractivity contribution is 7.89. The maximum Gasteiger partial charge on any atom is 0.331 e. The lowest BCUT2D eigenvalue weighted by atomic mass is 9.86. The molecule has 1 aromatic carbocycles. The second-order valence-electron chi connectivity index (χ2n) is 9.89. The monoisotopic (exact) mass is 472 g/mol. The van der Waals surface area contributed by atoms with Crippen LogP contribution >= 0.6 is 0 Å². The van der Waals surface area contributed by atoms with Crippen LogP contribution in [0.1, 0.15) is 51.5 Å².